The first kappa shape index (κ1) is 18.3. The lowest BCUT2D eigenvalue weighted by Crippen LogP contribution is -2.38. The van der Waals surface area contributed by atoms with E-state index in [1.165, 1.54) is 12.1 Å². The van der Waals surface area contributed by atoms with Crippen molar-refractivity contribution in [3.05, 3.63) is 70.3 Å². The van der Waals surface area contributed by atoms with Crippen LogP contribution in [0.2, 0.25) is 10.0 Å². The third kappa shape index (κ3) is 4.36. The van der Waals surface area contributed by atoms with Crippen LogP contribution in [0.5, 0.6) is 0 Å². The highest BCUT2D eigenvalue weighted by Crippen LogP contribution is 2.20. The molecular weight excluding hydrogens is 373 g/mol. The number of hydrogen-bond donors (Lipinski definition) is 2. The molecule has 3 aromatic rings. The van der Waals surface area contributed by atoms with Crippen LogP contribution < -0.4 is 10.6 Å². The molecule has 0 radical (unpaired) electrons. The van der Waals surface area contributed by atoms with Gasteiger partial charge in [0.15, 0.2) is 0 Å². The van der Waals surface area contributed by atoms with Crippen molar-refractivity contribution in [3.63, 3.8) is 0 Å². The highest BCUT2D eigenvalue weighted by Gasteiger charge is 2.12. The summed E-state index contributed by atoms with van der Waals surface area (Å²) in [6, 6.07) is 14.7. The Hall–Kier alpha value is -2.50. The maximum absolute atomic E-state index is 12.1. The van der Waals surface area contributed by atoms with Gasteiger partial charge in [0.05, 0.1) is 17.1 Å². The minimum absolute atomic E-state index is 0.121. The number of nitrogens with zero attached hydrogens (tertiary/aromatic N) is 1. The molecule has 5 nitrogen and oxygen atoms in total. The van der Waals surface area contributed by atoms with E-state index in [1.807, 2.05) is 36.5 Å². The third-order valence-corrected chi connectivity index (χ3v) is 4.49. The Labute approximate surface area is 160 Å². The van der Waals surface area contributed by atoms with Gasteiger partial charge in [-0.25, -0.2) is 0 Å². The number of benzene rings is 2. The maximum atomic E-state index is 12.1. The average molecular weight is 390 g/mol. The number of amides is 2. The molecule has 1 heterocycles. The maximum Gasteiger partial charge on any atom is 0.253 e. The van der Waals surface area contributed by atoms with E-state index in [9.17, 15) is 9.59 Å². The van der Waals surface area contributed by atoms with Gasteiger partial charge in [-0.05, 0) is 35.7 Å². The lowest BCUT2D eigenvalue weighted by molar-refractivity contribution is -0.120. The number of para-hydroxylation sites is 1. The van der Waals surface area contributed by atoms with Crippen LogP contribution in [-0.4, -0.2) is 29.5 Å². The number of hydrogen-bond acceptors (Lipinski definition) is 2. The number of nitrogens with one attached hydrogen (secondary N) is 2. The van der Waals surface area contributed by atoms with Crippen LogP contribution in [0.1, 0.15) is 10.4 Å². The fourth-order valence-electron chi connectivity index (χ4n) is 2.64. The minimum atomic E-state index is -0.418. The fourth-order valence-corrected chi connectivity index (χ4v) is 3.14. The molecule has 0 aliphatic heterocycles. The highest BCUT2D eigenvalue weighted by atomic mass is 35.5. The lowest BCUT2D eigenvalue weighted by atomic mass is 10.2. The number of carbonyl (C=O) groups is 2. The molecule has 0 saturated heterocycles. The second-order valence-electron chi connectivity index (χ2n) is 5.72. The molecule has 26 heavy (non-hydrogen) atoms. The molecule has 0 bridgehead atoms. The summed E-state index contributed by atoms with van der Waals surface area (Å²) in [4.78, 5) is 24.0. The first-order valence-electron chi connectivity index (χ1n) is 8.08. The monoisotopic (exact) mass is 389 g/mol. The summed E-state index contributed by atoms with van der Waals surface area (Å²) >= 11 is 11.8. The summed E-state index contributed by atoms with van der Waals surface area (Å²) in [5.41, 5.74) is 1.40. The van der Waals surface area contributed by atoms with Crippen molar-refractivity contribution in [1.29, 1.82) is 0 Å². The Morgan fingerprint density at radius 3 is 2.62 bits per heavy atom. The summed E-state index contributed by atoms with van der Waals surface area (Å²) in [6.07, 6.45) is 1.99. The second-order valence-corrected chi connectivity index (χ2v) is 6.57. The van der Waals surface area contributed by atoms with E-state index >= 15 is 0 Å². The quantitative estimate of drug-likeness (QED) is 0.677. The number of fused-ring (bicyclic) bond motifs is 1. The van der Waals surface area contributed by atoms with Crippen LogP contribution >= 0.6 is 23.2 Å². The molecule has 134 valence electrons. The van der Waals surface area contributed by atoms with Crippen molar-refractivity contribution in [3.8, 4) is 0 Å². The van der Waals surface area contributed by atoms with Gasteiger partial charge in [0.2, 0.25) is 5.91 Å². The van der Waals surface area contributed by atoms with Crippen LogP contribution in [0, 0.1) is 0 Å². The summed E-state index contributed by atoms with van der Waals surface area (Å²) in [7, 11) is 0. The third-order valence-electron chi connectivity index (χ3n) is 3.94. The zero-order valence-electron chi connectivity index (χ0n) is 13.8. The first-order valence-corrected chi connectivity index (χ1v) is 8.84. The normalized spacial score (nSPS) is 10.7. The zero-order valence-corrected chi connectivity index (χ0v) is 15.3. The van der Waals surface area contributed by atoms with Crippen LogP contribution in [0.15, 0.2) is 54.7 Å². The molecule has 0 atom stereocenters. The molecule has 0 aliphatic rings. The van der Waals surface area contributed by atoms with Gasteiger partial charge in [0.1, 0.15) is 0 Å². The van der Waals surface area contributed by atoms with Crippen molar-refractivity contribution < 1.29 is 9.59 Å². The summed E-state index contributed by atoms with van der Waals surface area (Å²) in [6.45, 7) is 0.996. The summed E-state index contributed by atoms with van der Waals surface area (Å²) in [5, 5.41) is 7.18. The fraction of sp³-hybridized carbons (Fsp3) is 0.158. The Morgan fingerprint density at radius 1 is 1.00 bits per heavy atom. The van der Waals surface area contributed by atoms with Gasteiger partial charge in [-0.3, -0.25) is 9.59 Å². The number of halogens is 2. The van der Waals surface area contributed by atoms with Gasteiger partial charge in [0, 0.05) is 29.8 Å². The predicted octanol–water partition coefficient (Wildman–Crippen LogP) is 3.49. The van der Waals surface area contributed by atoms with E-state index in [0.29, 0.717) is 18.1 Å². The number of aromatic nitrogens is 1. The molecule has 1 aromatic heterocycles. The minimum Gasteiger partial charge on any atom is -0.353 e. The van der Waals surface area contributed by atoms with E-state index in [4.69, 9.17) is 23.2 Å². The SMILES string of the molecule is O=C(CNC(=O)c1ccc(Cl)cc1Cl)NCCn1ccc2ccccc21. The molecule has 0 fully saturated rings. The second kappa shape index (κ2) is 8.25. The zero-order chi connectivity index (χ0) is 18.5. The molecule has 0 saturated carbocycles. The molecule has 0 aliphatic carbocycles. The Balaban J connectivity index is 1.46. The molecule has 2 N–H and O–H groups in total. The predicted molar refractivity (Wildman–Crippen MR) is 104 cm³/mol. The standard InChI is InChI=1S/C19H17Cl2N3O2/c20-14-5-6-15(16(21)11-14)19(26)23-12-18(25)22-8-10-24-9-7-13-3-1-2-4-17(13)24/h1-7,9,11H,8,10,12H2,(H,22,25)(H,23,26). The van der Waals surface area contributed by atoms with Gasteiger partial charge >= 0.3 is 0 Å². The van der Waals surface area contributed by atoms with E-state index < -0.39 is 5.91 Å². The van der Waals surface area contributed by atoms with Crippen molar-refractivity contribution in [2.24, 2.45) is 0 Å². The van der Waals surface area contributed by atoms with Crippen LogP contribution in [-0.2, 0) is 11.3 Å². The van der Waals surface area contributed by atoms with Crippen molar-refractivity contribution in [2.75, 3.05) is 13.1 Å². The van der Waals surface area contributed by atoms with E-state index in [0.717, 1.165) is 10.9 Å². The van der Waals surface area contributed by atoms with E-state index in [-0.39, 0.29) is 23.0 Å². The summed E-state index contributed by atoms with van der Waals surface area (Å²) < 4.78 is 2.07. The van der Waals surface area contributed by atoms with Crippen LogP contribution in [0.25, 0.3) is 10.9 Å². The van der Waals surface area contributed by atoms with Crippen molar-refractivity contribution >= 4 is 45.9 Å². The molecule has 7 heteroatoms. The largest absolute Gasteiger partial charge is 0.353 e. The van der Waals surface area contributed by atoms with E-state index in [2.05, 4.69) is 15.2 Å². The summed E-state index contributed by atoms with van der Waals surface area (Å²) in [5.74, 6) is -0.682. The molecule has 3 rings (SSSR count). The molecule has 0 unspecified atom stereocenters. The van der Waals surface area contributed by atoms with Gasteiger partial charge in [-0.2, -0.15) is 0 Å². The molecule has 2 amide bonds. The molecular formula is C19H17Cl2N3O2. The van der Waals surface area contributed by atoms with Crippen LogP contribution in [0.4, 0.5) is 0 Å². The van der Waals surface area contributed by atoms with Crippen molar-refractivity contribution in [2.45, 2.75) is 6.54 Å². The van der Waals surface area contributed by atoms with Gasteiger partial charge < -0.3 is 15.2 Å². The molecule has 2 aromatic carbocycles. The van der Waals surface area contributed by atoms with Crippen molar-refractivity contribution in [1.82, 2.24) is 15.2 Å². The Bertz CT molecular complexity index is 953. The average Bonchev–Trinajstić information content (AvgIpc) is 3.03. The number of rotatable bonds is 6. The van der Waals surface area contributed by atoms with Crippen LogP contribution in [0.3, 0.4) is 0 Å². The van der Waals surface area contributed by atoms with E-state index in [1.54, 1.807) is 6.07 Å². The number of carbonyl (C=O) groups excluding carboxylic acids is 2. The first-order chi connectivity index (χ1) is 12.5. The topological polar surface area (TPSA) is 63.1 Å². The Kier molecular flexibility index (Phi) is 5.81. The van der Waals surface area contributed by atoms with Gasteiger partial charge in [-0.1, -0.05) is 41.4 Å². The highest BCUT2D eigenvalue weighted by molar-refractivity contribution is 6.36. The lowest BCUT2D eigenvalue weighted by Gasteiger charge is -2.09. The smallest absolute Gasteiger partial charge is 0.253 e. The van der Waals surface area contributed by atoms with Gasteiger partial charge in [0.25, 0.3) is 5.91 Å². The molecule has 0 spiro atoms. The van der Waals surface area contributed by atoms with Gasteiger partial charge in [-0.15, -0.1) is 0 Å². The Morgan fingerprint density at radius 2 is 1.81 bits per heavy atom.